The van der Waals surface area contributed by atoms with Gasteiger partial charge in [0.15, 0.2) is 0 Å². The van der Waals surface area contributed by atoms with Gasteiger partial charge in [-0.2, -0.15) is 0 Å². The van der Waals surface area contributed by atoms with Crippen LogP contribution in [0.5, 0.6) is 0 Å². The van der Waals surface area contributed by atoms with Gasteiger partial charge >= 0.3 is 0 Å². The number of carbonyl (C=O) groups is 1. The molecule has 2 unspecified atom stereocenters. The Morgan fingerprint density at radius 3 is 2.35 bits per heavy atom. The third kappa shape index (κ3) is 3.24. The van der Waals surface area contributed by atoms with Crippen LogP contribution in [0.25, 0.3) is 0 Å². The van der Waals surface area contributed by atoms with E-state index < -0.39 is 16.0 Å². The first-order chi connectivity index (χ1) is 9.59. The summed E-state index contributed by atoms with van der Waals surface area (Å²) >= 11 is 0. The van der Waals surface area contributed by atoms with Crippen molar-refractivity contribution in [2.75, 3.05) is 11.1 Å². The van der Waals surface area contributed by atoms with E-state index in [2.05, 4.69) is 5.32 Å². The van der Waals surface area contributed by atoms with Crippen molar-refractivity contribution >= 4 is 28.1 Å². The lowest BCUT2D eigenvalue weighted by Gasteiger charge is -2.13. The van der Waals surface area contributed by atoms with Gasteiger partial charge < -0.3 is 11.1 Å². The Hall–Kier alpha value is -2.14. The van der Waals surface area contributed by atoms with Gasteiger partial charge in [0.2, 0.25) is 5.91 Å². The zero-order valence-corrected chi connectivity index (χ0v) is 11.9. The fourth-order valence-electron chi connectivity index (χ4n) is 1.72. The Labute approximate surface area is 120 Å². The third-order valence-corrected chi connectivity index (χ3v) is 4.53. The lowest BCUT2D eigenvalue weighted by atomic mass is 10.3. The van der Waals surface area contributed by atoms with E-state index in [9.17, 15) is 9.00 Å². The minimum Gasteiger partial charge on any atom is -0.398 e. The van der Waals surface area contributed by atoms with Crippen LogP contribution in [0.3, 0.4) is 0 Å². The Bertz CT molecular complexity index is 629. The molecular weight excluding hydrogens is 272 g/mol. The van der Waals surface area contributed by atoms with Gasteiger partial charge in [-0.05, 0) is 31.2 Å². The molecule has 104 valence electrons. The summed E-state index contributed by atoms with van der Waals surface area (Å²) in [5.74, 6) is -0.294. The molecule has 3 N–H and O–H groups in total. The molecule has 0 aliphatic rings. The molecule has 2 rings (SSSR count). The molecular formula is C15H16N2O2S. The molecule has 0 aromatic heterocycles. The van der Waals surface area contributed by atoms with Crippen molar-refractivity contribution in [3.63, 3.8) is 0 Å². The molecule has 0 aliphatic heterocycles. The van der Waals surface area contributed by atoms with Gasteiger partial charge in [-0.1, -0.05) is 30.3 Å². The first-order valence-electron chi connectivity index (χ1n) is 6.20. The molecule has 2 atom stereocenters. The first kappa shape index (κ1) is 14.3. The second kappa shape index (κ2) is 6.34. The summed E-state index contributed by atoms with van der Waals surface area (Å²) in [5, 5.41) is 2.06. The summed E-state index contributed by atoms with van der Waals surface area (Å²) in [7, 11) is -1.48. The quantitative estimate of drug-likeness (QED) is 0.849. The fourth-order valence-corrected chi connectivity index (χ4v) is 2.86. The molecule has 0 saturated carbocycles. The molecule has 20 heavy (non-hydrogen) atoms. The van der Waals surface area contributed by atoms with E-state index in [1.807, 2.05) is 18.2 Å². The van der Waals surface area contributed by atoms with Gasteiger partial charge in [0.05, 0.1) is 15.7 Å². The number of benzene rings is 2. The number of nitrogen functional groups attached to an aromatic ring is 1. The van der Waals surface area contributed by atoms with E-state index in [0.717, 1.165) is 0 Å². The maximum Gasteiger partial charge on any atom is 0.240 e. The Morgan fingerprint density at radius 2 is 1.70 bits per heavy atom. The van der Waals surface area contributed by atoms with Gasteiger partial charge in [0.1, 0.15) is 5.25 Å². The van der Waals surface area contributed by atoms with Crippen LogP contribution < -0.4 is 11.1 Å². The summed E-state index contributed by atoms with van der Waals surface area (Å²) in [6.07, 6.45) is 0. The molecule has 0 spiro atoms. The SMILES string of the molecule is CC(C(=O)Nc1ccccc1)S(=O)c1ccccc1N. The van der Waals surface area contributed by atoms with Crippen LogP contribution in [0.4, 0.5) is 11.4 Å². The average Bonchev–Trinajstić information content (AvgIpc) is 2.47. The predicted molar refractivity (Wildman–Crippen MR) is 81.8 cm³/mol. The largest absolute Gasteiger partial charge is 0.398 e. The number of nitrogens with one attached hydrogen (secondary N) is 1. The Kier molecular flexibility index (Phi) is 4.53. The molecule has 0 saturated heterocycles. The van der Waals surface area contributed by atoms with Crippen LogP contribution in [-0.2, 0) is 15.6 Å². The second-order valence-electron chi connectivity index (χ2n) is 4.33. The number of anilines is 2. The zero-order valence-electron chi connectivity index (χ0n) is 11.1. The second-order valence-corrected chi connectivity index (χ2v) is 6.07. The summed E-state index contributed by atoms with van der Waals surface area (Å²) in [6, 6.07) is 16.0. The van der Waals surface area contributed by atoms with Crippen molar-refractivity contribution in [3.05, 3.63) is 54.6 Å². The molecule has 0 bridgehead atoms. The number of carbonyl (C=O) groups excluding carboxylic acids is 1. The summed E-state index contributed by atoms with van der Waals surface area (Å²) in [4.78, 5) is 12.6. The summed E-state index contributed by atoms with van der Waals surface area (Å²) < 4.78 is 12.4. The van der Waals surface area contributed by atoms with Gasteiger partial charge in [0, 0.05) is 11.4 Å². The van der Waals surface area contributed by atoms with Crippen LogP contribution in [-0.4, -0.2) is 15.4 Å². The monoisotopic (exact) mass is 288 g/mol. The minimum atomic E-state index is -1.48. The van der Waals surface area contributed by atoms with Crippen LogP contribution in [0.1, 0.15) is 6.92 Å². The summed E-state index contributed by atoms with van der Waals surface area (Å²) in [5.41, 5.74) is 6.91. The van der Waals surface area contributed by atoms with Gasteiger partial charge in [-0.15, -0.1) is 0 Å². The van der Waals surface area contributed by atoms with E-state index >= 15 is 0 Å². The predicted octanol–water partition coefficient (Wildman–Crippen LogP) is 2.40. The van der Waals surface area contributed by atoms with E-state index in [1.54, 1.807) is 43.3 Å². The van der Waals surface area contributed by atoms with Gasteiger partial charge in [-0.3, -0.25) is 9.00 Å². The van der Waals surface area contributed by atoms with Crippen molar-refractivity contribution in [1.82, 2.24) is 0 Å². The minimum absolute atomic E-state index is 0.294. The first-order valence-corrected chi connectivity index (χ1v) is 7.42. The molecule has 2 aromatic carbocycles. The maximum atomic E-state index is 12.4. The molecule has 0 aliphatic carbocycles. The van der Waals surface area contributed by atoms with Crippen molar-refractivity contribution in [3.8, 4) is 0 Å². The lowest BCUT2D eigenvalue weighted by molar-refractivity contribution is -0.115. The molecule has 1 amide bonds. The number of para-hydroxylation sites is 2. The normalized spacial score (nSPS) is 13.4. The van der Waals surface area contributed by atoms with E-state index in [0.29, 0.717) is 16.3 Å². The van der Waals surface area contributed by atoms with Crippen LogP contribution in [0.2, 0.25) is 0 Å². The molecule has 0 heterocycles. The Morgan fingerprint density at radius 1 is 1.10 bits per heavy atom. The highest BCUT2D eigenvalue weighted by atomic mass is 32.2. The van der Waals surface area contributed by atoms with Crippen LogP contribution in [0.15, 0.2) is 59.5 Å². The third-order valence-electron chi connectivity index (χ3n) is 2.87. The number of nitrogens with two attached hydrogens (primary N) is 1. The number of hydrogen-bond acceptors (Lipinski definition) is 3. The topological polar surface area (TPSA) is 72.2 Å². The number of hydrogen-bond donors (Lipinski definition) is 2. The smallest absolute Gasteiger partial charge is 0.240 e. The molecule has 2 aromatic rings. The average molecular weight is 288 g/mol. The van der Waals surface area contributed by atoms with E-state index in [-0.39, 0.29) is 5.91 Å². The standard InChI is InChI=1S/C15H16N2O2S/c1-11(15(18)17-12-7-3-2-4-8-12)20(19)14-10-6-5-9-13(14)16/h2-11H,16H2,1H3,(H,17,18). The fraction of sp³-hybridized carbons (Fsp3) is 0.133. The highest BCUT2D eigenvalue weighted by molar-refractivity contribution is 7.86. The van der Waals surface area contributed by atoms with Crippen LogP contribution in [0, 0.1) is 0 Å². The molecule has 0 radical (unpaired) electrons. The van der Waals surface area contributed by atoms with Gasteiger partial charge in [-0.25, -0.2) is 0 Å². The van der Waals surface area contributed by atoms with Crippen molar-refractivity contribution in [1.29, 1.82) is 0 Å². The molecule has 0 fully saturated rings. The maximum absolute atomic E-state index is 12.4. The van der Waals surface area contributed by atoms with Crippen molar-refractivity contribution < 1.29 is 9.00 Å². The van der Waals surface area contributed by atoms with Gasteiger partial charge in [0.25, 0.3) is 0 Å². The molecule has 4 nitrogen and oxygen atoms in total. The highest BCUT2D eigenvalue weighted by Gasteiger charge is 2.22. The zero-order chi connectivity index (χ0) is 14.5. The lowest BCUT2D eigenvalue weighted by Crippen LogP contribution is -2.29. The van der Waals surface area contributed by atoms with E-state index in [4.69, 9.17) is 5.73 Å². The Balaban J connectivity index is 2.11. The highest BCUT2D eigenvalue weighted by Crippen LogP contribution is 2.19. The van der Waals surface area contributed by atoms with E-state index in [1.165, 1.54) is 0 Å². The van der Waals surface area contributed by atoms with Crippen molar-refractivity contribution in [2.45, 2.75) is 17.1 Å². The number of rotatable bonds is 4. The van der Waals surface area contributed by atoms with Crippen molar-refractivity contribution in [2.24, 2.45) is 0 Å². The number of amides is 1. The molecule has 5 heteroatoms. The summed E-state index contributed by atoms with van der Waals surface area (Å²) in [6.45, 7) is 1.63. The van der Waals surface area contributed by atoms with Crippen LogP contribution >= 0.6 is 0 Å².